The Morgan fingerprint density at radius 2 is 2.60 bits per heavy atom. The third kappa shape index (κ3) is 1.46. The molecule has 1 rings (SSSR count). The van der Waals surface area contributed by atoms with Gasteiger partial charge in [0.2, 0.25) is 0 Å². The molecule has 0 saturated carbocycles. The van der Waals surface area contributed by atoms with Crippen LogP contribution in [-0.2, 0) is 0 Å². The van der Waals surface area contributed by atoms with E-state index in [1.807, 2.05) is 11.4 Å². The van der Waals surface area contributed by atoms with Crippen LogP contribution in [-0.4, -0.2) is 5.78 Å². The molecule has 0 aromatic carbocycles. The van der Waals surface area contributed by atoms with Crippen LogP contribution in [0.3, 0.4) is 0 Å². The Morgan fingerprint density at radius 3 is 3.10 bits per heavy atom. The smallest absolute Gasteiger partial charge is 0.184 e. The minimum atomic E-state index is 0.0394. The van der Waals surface area contributed by atoms with Crippen LogP contribution in [0.1, 0.15) is 16.1 Å². The molecule has 0 atom stereocenters. The van der Waals surface area contributed by atoms with Gasteiger partial charge >= 0.3 is 0 Å². The van der Waals surface area contributed by atoms with Crippen molar-refractivity contribution < 1.29 is 4.79 Å². The lowest BCUT2D eigenvalue weighted by Crippen LogP contribution is -1.91. The zero-order chi connectivity index (χ0) is 7.40. The first-order valence-electron chi connectivity index (χ1n) is 2.85. The van der Waals surface area contributed by atoms with Crippen molar-refractivity contribution in [1.82, 2.24) is 0 Å². The van der Waals surface area contributed by atoms with E-state index in [2.05, 4.69) is 5.92 Å². The summed E-state index contributed by atoms with van der Waals surface area (Å²) in [6.45, 7) is 0. The number of thiophene rings is 1. The molecule has 1 aromatic rings. The minimum Gasteiger partial charge on any atom is -0.292 e. The van der Waals surface area contributed by atoms with Crippen LogP contribution in [0.15, 0.2) is 17.5 Å². The van der Waals surface area contributed by atoms with E-state index in [4.69, 9.17) is 6.42 Å². The van der Waals surface area contributed by atoms with Gasteiger partial charge in [0.15, 0.2) is 5.78 Å². The molecule has 0 radical (unpaired) electrons. The number of hydrogen-bond donors (Lipinski definition) is 0. The molecule has 1 nitrogen and oxygen atoms in total. The molecule has 0 N–H and O–H groups in total. The highest BCUT2D eigenvalue weighted by molar-refractivity contribution is 7.12. The quantitative estimate of drug-likeness (QED) is 0.465. The standard InChI is InChI=1S/C8H6OS/c1-2-4-7(9)8-5-3-6-10-8/h1,3,5-6H,4H2. The molecule has 1 aromatic heterocycles. The first-order valence-corrected chi connectivity index (χ1v) is 3.72. The summed E-state index contributed by atoms with van der Waals surface area (Å²) in [5.41, 5.74) is 0. The van der Waals surface area contributed by atoms with Crippen LogP contribution >= 0.6 is 11.3 Å². The normalized spacial score (nSPS) is 8.70. The van der Waals surface area contributed by atoms with Gasteiger partial charge in [-0.1, -0.05) is 12.0 Å². The summed E-state index contributed by atoms with van der Waals surface area (Å²) in [6.07, 6.45) is 5.18. The summed E-state index contributed by atoms with van der Waals surface area (Å²) in [4.78, 5) is 11.7. The van der Waals surface area contributed by atoms with Crippen molar-refractivity contribution in [1.29, 1.82) is 0 Å². The van der Waals surface area contributed by atoms with E-state index in [0.717, 1.165) is 4.88 Å². The maximum atomic E-state index is 11.0. The first-order chi connectivity index (χ1) is 4.84. The van der Waals surface area contributed by atoms with Crippen LogP contribution in [0.5, 0.6) is 0 Å². The molecule has 50 valence electrons. The molecule has 1 heterocycles. The Balaban J connectivity index is 2.71. The van der Waals surface area contributed by atoms with E-state index in [-0.39, 0.29) is 12.2 Å². The highest BCUT2D eigenvalue weighted by Crippen LogP contribution is 2.10. The van der Waals surface area contributed by atoms with Gasteiger partial charge in [0.1, 0.15) is 0 Å². The Morgan fingerprint density at radius 1 is 1.80 bits per heavy atom. The van der Waals surface area contributed by atoms with Crippen LogP contribution in [0.4, 0.5) is 0 Å². The second kappa shape index (κ2) is 3.19. The monoisotopic (exact) mass is 150 g/mol. The molecule has 0 bridgehead atoms. The Labute approximate surface area is 63.7 Å². The molecule has 2 heteroatoms. The average molecular weight is 150 g/mol. The third-order valence-electron chi connectivity index (χ3n) is 1.06. The van der Waals surface area contributed by atoms with Gasteiger partial charge in [0.25, 0.3) is 0 Å². The average Bonchev–Trinajstić information content (AvgIpc) is 2.38. The Hall–Kier alpha value is -1.07. The number of carbonyl (C=O) groups is 1. The molecule has 0 spiro atoms. The SMILES string of the molecule is C#CCC(=O)c1cccs1. The topological polar surface area (TPSA) is 17.1 Å². The second-order valence-electron chi connectivity index (χ2n) is 1.78. The van der Waals surface area contributed by atoms with Crippen LogP contribution in [0.2, 0.25) is 0 Å². The summed E-state index contributed by atoms with van der Waals surface area (Å²) >= 11 is 1.43. The number of Topliss-reactive ketones (excluding diaryl/α,β-unsaturated/α-hetero) is 1. The zero-order valence-corrected chi connectivity index (χ0v) is 6.15. The van der Waals surface area contributed by atoms with Gasteiger partial charge in [-0.2, -0.15) is 0 Å². The highest BCUT2D eigenvalue weighted by atomic mass is 32.1. The van der Waals surface area contributed by atoms with Crippen LogP contribution < -0.4 is 0 Å². The Kier molecular flexibility index (Phi) is 2.24. The van der Waals surface area contributed by atoms with Crippen molar-refractivity contribution in [2.24, 2.45) is 0 Å². The number of rotatable bonds is 2. The lowest BCUT2D eigenvalue weighted by Gasteiger charge is -1.86. The molecule has 0 unspecified atom stereocenters. The predicted octanol–water partition coefficient (Wildman–Crippen LogP) is 1.95. The van der Waals surface area contributed by atoms with E-state index in [0.29, 0.717) is 0 Å². The molecule has 0 aliphatic heterocycles. The van der Waals surface area contributed by atoms with Crippen molar-refractivity contribution >= 4 is 17.1 Å². The highest BCUT2D eigenvalue weighted by Gasteiger charge is 2.02. The lowest BCUT2D eigenvalue weighted by molar-refractivity contribution is 0.100. The summed E-state index contributed by atoms with van der Waals surface area (Å²) in [7, 11) is 0. The van der Waals surface area contributed by atoms with Crippen LogP contribution in [0, 0.1) is 12.3 Å². The van der Waals surface area contributed by atoms with Gasteiger partial charge in [0.05, 0.1) is 11.3 Å². The fraction of sp³-hybridized carbons (Fsp3) is 0.125. The first kappa shape index (κ1) is 7.04. The molecule has 0 aliphatic rings. The summed E-state index contributed by atoms with van der Waals surface area (Å²) in [5.74, 6) is 2.35. The molecule has 0 aliphatic carbocycles. The zero-order valence-electron chi connectivity index (χ0n) is 5.33. The van der Waals surface area contributed by atoms with Gasteiger partial charge in [-0.15, -0.1) is 17.8 Å². The Bertz CT molecular complexity index is 253. The molecular formula is C8H6OS. The second-order valence-corrected chi connectivity index (χ2v) is 2.73. The van der Waals surface area contributed by atoms with Crippen molar-refractivity contribution in [3.05, 3.63) is 22.4 Å². The number of hydrogen-bond acceptors (Lipinski definition) is 2. The van der Waals surface area contributed by atoms with E-state index in [1.54, 1.807) is 6.07 Å². The van der Waals surface area contributed by atoms with E-state index in [9.17, 15) is 4.79 Å². The van der Waals surface area contributed by atoms with Gasteiger partial charge in [-0.3, -0.25) is 4.79 Å². The fourth-order valence-corrected chi connectivity index (χ4v) is 1.28. The predicted molar refractivity (Wildman–Crippen MR) is 42.1 cm³/mol. The van der Waals surface area contributed by atoms with E-state index < -0.39 is 0 Å². The largest absolute Gasteiger partial charge is 0.292 e. The van der Waals surface area contributed by atoms with E-state index >= 15 is 0 Å². The van der Waals surface area contributed by atoms with Crippen molar-refractivity contribution in [2.75, 3.05) is 0 Å². The van der Waals surface area contributed by atoms with Crippen LogP contribution in [0.25, 0.3) is 0 Å². The van der Waals surface area contributed by atoms with Crippen molar-refractivity contribution in [3.8, 4) is 12.3 Å². The van der Waals surface area contributed by atoms with Crippen molar-refractivity contribution in [3.63, 3.8) is 0 Å². The molecule has 10 heavy (non-hydrogen) atoms. The van der Waals surface area contributed by atoms with Gasteiger partial charge < -0.3 is 0 Å². The fourth-order valence-electron chi connectivity index (χ4n) is 0.617. The van der Waals surface area contributed by atoms with Gasteiger partial charge in [-0.25, -0.2) is 0 Å². The summed E-state index contributed by atoms with van der Waals surface area (Å²) in [6, 6.07) is 3.62. The molecule has 0 amide bonds. The summed E-state index contributed by atoms with van der Waals surface area (Å²) < 4.78 is 0. The number of ketones is 1. The van der Waals surface area contributed by atoms with Gasteiger partial charge in [0, 0.05) is 0 Å². The number of carbonyl (C=O) groups excluding carboxylic acids is 1. The van der Waals surface area contributed by atoms with Crippen molar-refractivity contribution in [2.45, 2.75) is 6.42 Å². The maximum Gasteiger partial charge on any atom is 0.184 e. The third-order valence-corrected chi connectivity index (χ3v) is 1.97. The maximum absolute atomic E-state index is 11.0. The molecular weight excluding hydrogens is 144 g/mol. The summed E-state index contributed by atoms with van der Waals surface area (Å²) in [5, 5.41) is 1.86. The number of terminal acetylenes is 1. The van der Waals surface area contributed by atoms with E-state index in [1.165, 1.54) is 11.3 Å². The lowest BCUT2D eigenvalue weighted by atomic mass is 10.2. The minimum absolute atomic E-state index is 0.0394. The molecule has 0 fully saturated rings. The van der Waals surface area contributed by atoms with Gasteiger partial charge in [-0.05, 0) is 11.4 Å². The molecule has 0 saturated heterocycles.